The number of H-pyrrole nitrogens is 1. The molecule has 0 spiro atoms. The summed E-state index contributed by atoms with van der Waals surface area (Å²) in [5.41, 5.74) is 18.3. The summed E-state index contributed by atoms with van der Waals surface area (Å²) in [5.74, 6) is -11.6. The quantitative estimate of drug-likeness (QED) is 0.0150. The minimum atomic E-state index is -1.71. The first-order valence-electron chi connectivity index (χ1n) is 29.8. The van der Waals surface area contributed by atoms with Crippen LogP contribution in [-0.4, -0.2) is 207 Å². The molecule has 11 atom stereocenters. The van der Waals surface area contributed by atoms with Crippen molar-refractivity contribution in [2.75, 3.05) is 32.8 Å². The van der Waals surface area contributed by atoms with Crippen molar-refractivity contribution in [2.24, 2.45) is 34.0 Å². The number of phenolic OH excluding ortho intramolecular Hbond substituents is 1. The van der Waals surface area contributed by atoms with E-state index in [9.17, 15) is 78.0 Å². The van der Waals surface area contributed by atoms with Gasteiger partial charge in [0.1, 0.15) is 72.2 Å². The first kappa shape index (κ1) is 74.0. The van der Waals surface area contributed by atoms with Crippen LogP contribution in [0.25, 0.3) is 10.9 Å². The average Bonchev–Trinajstić information content (AvgIpc) is 1.82. The van der Waals surface area contributed by atoms with Crippen molar-refractivity contribution in [3.05, 3.63) is 65.9 Å². The van der Waals surface area contributed by atoms with E-state index in [2.05, 4.69) is 63.1 Å². The van der Waals surface area contributed by atoms with Gasteiger partial charge >= 0.3 is 5.97 Å². The number of carbonyl (C=O) groups is 12. The van der Waals surface area contributed by atoms with E-state index in [0.717, 1.165) is 10.9 Å². The summed E-state index contributed by atoms with van der Waals surface area (Å²) in [7, 11) is 0. The molecule has 2 heterocycles. The minimum Gasteiger partial charge on any atom is -0.508 e. The Labute approximate surface area is 525 Å². The lowest BCUT2D eigenvalue weighted by Gasteiger charge is -2.28. The van der Waals surface area contributed by atoms with Crippen LogP contribution in [0.5, 0.6) is 5.75 Å². The fraction of sp³-hybridized carbons (Fsp3) is 0.542. The molecule has 4 rings (SSSR count). The number of fused-ring (bicyclic) bond motifs is 1. The van der Waals surface area contributed by atoms with Crippen LogP contribution in [0.3, 0.4) is 0 Å². The van der Waals surface area contributed by atoms with Gasteiger partial charge in [-0.1, -0.05) is 58.0 Å². The van der Waals surface area contributed by atoms with Gasteiger partial charge in [0.2, 0.25) is 65.0 Å². The topological polar surface area (TPSA) is 516 Å². The fourth-order valence-electron chi connectivity index (χ4n) is 9.69. The average molecular weight is 1280 g/mol. The molecular formula is C59H88N16O16. The number of benzene rings is 2. The highest BCUT2D eigenvalue weighted by molar-refractivity contribution is 5.99. The van der Waals surface area contributed by atoms with Crippen LogP contribution in [0, 0.1) is 11.8 Å². The minimum absolute atomic E-state index is 0.0153. The number of phenols is 1. The van der Waals surface area contributed by atoms with E-state index >= 15 is 0 Å². The standard InChI is InChI=1S/C59H88N16O16/c1-29(2)22-41(71-53(85)43(70-50(82)38(60)27-76)24-35-25-64-39-13-9-8-12-37(35)39)51(83)67-32(6)48(80)68-33(7)57(89)75-21-11-15-45(75)55(87)65-26-46(79)66-31(5)49(81)74-47(30(3)4)56(88)73-44(28-77)54(86)72-42(23-34-16-18-36(78)19-17-34)52(84)69-40(58(90)91)14-10-20-63-59(61)62/h8-9,12-13,16-19,25,29-33,38,40-45,47,64,76-78H,10-11,14-15,20-24,26-28,60H2,1-7H3,(H,65,87)(H,66,79)(H,67,83)(H,68,80)(H,69,84)(H,70,82)(H,71,85)(H,72,86)(H,73,88)(H,74,81)(H,90,91)(H4,61,62,63)/t31-,32-,33-,38-,40-,41-,42-,43-,44-,45-,47-/m0/s1. The zero-order valence-electron chi connectivity index (χ0n) is 52.0. The van der Waals surface area contributed by atoms with Crippen LogP contribution >= 0.6 is 0 Å². The van der Waals surface area contributed by atoms with E-state index in [1.54, 1.807) is 20.0 Å². The van der Waals surface area contributed by atoms with Crippen molar-refractivity contribution < 1.29 is 78.0 Å². The number of aromatic amines is 1. The van der Waals surface area contributed by atoms with E-state index in [0.29, 0.717) is 17.5 Å². The summed E-state index contributed by atoms with van der Waals surface area (Å²) in [6.45, 7) is 8.61. The zero-order valence-corrected chi connectivity index (χ0v) is 52.0. The molecule has 32 heteroatoms. The second-order valence-electron chi connectivity index (χ2n) is 23.0. The van der Waals surface area contributed by atoms with Gasteiger partial charge in [0, 0.05) is 43.0 Å². The number of para-hydroxylation sites is 1. The third-order valence-corrected chi connectivity index (χ3v) is 14.8. The van der Waals surface area contributed by atoms with Crippen molar-refractivity contribution in [2.45, 2.75) is 160 Å². The molecule has 1 aliphatic heterocycles. The summed E-state index contributed by atoms with van der Waals surface area (Å²) >= 11 is 0. The number of hydrogen-bond donors (Lipinski definition) is 18. The molecule has 2 aromatic carbocycles. The van der Waals surface area contributed by atoms with Gasteiger partial charge in [0.25, 0.3) is 0 Å². The number of likely N-dealkylation sites (tertiary alicyclic amines) is 1. The van der Waals surface area contributed by atoms with Crippen molar-refractivity contribution >= 4 is 87.8 Å². The second kappa shape index (κ2) is 35.7. The number of nitrogens with two attached hydrogens (primary N) is 3. The second-order valence-corrected chi connectivity index (χ2v) is 23.0. The van der Waals surface area contributed by atoms with Crippen molar-refractivity contribution in [1.82, 2.24) is 63.1 Å². The van der Waals surface area contributed by atoms with Gasteiger partial charge < -0.3 is 101 Å². The van der Waals surface area contributed by atoms with E-state index in [4.69, 9.17) is 17.2 Å². The molecule has 3 aromatic rings. The highest BCUT2D eigenvalue weighted by atomic mass is 16.4. The summed E-state index contributed by atoms with van der Waals surface area (Å²) in [6.07, 6.45) is 2.20. The molecular weight excluding hydrogens is 1190 g/mol. The number of aliphatic hydroxyl groups excluding tert-OH is 2. The van der Waals surface area contributed by atoms with Gasteiger partial charge in [0.15, 0.2) is 5.96 Å². The SMILES string of the molecule is CC(C)C[C@H](NC(=O)[C@H](Cc1c[nH]c2ccccc12)NC(=O)[C@@H](N)CO)C(=O)N[C@@H](C)C(=O)N[C@@H](C)C(=O)N1CCC[C@H]1C(=O)NCC(=O)N[C@@H](C)C(=O)N[C@H](C(=O)N[C@@H](CO)C(=O)N[C@@H](Cc1ccc(O)cc1)C(=O)N[C@@H](CCCN=C(N)N)C(=O)O)C(C)C. The van der Waals surface area contributed by atoms with Gasteiger partial charge in [-0.15, -0.1) is 0 Å². The molecule has 0 radical (unpaired) electrons. The number of nitrogens with zero attached hydrogens (tertiary/aromatic N) is 2. The number of aliphatic imine (C=N–C) groups is 1. The molecule has 1 aromatic heterocycles. The predicted octanol–water partition coefficient (Wildman–Crippen LogP) is -4.66. The van der Waals surface area contributed by atoms with E-state index < -0.39 is 163 Å². The summed E-state index contributed by atoms with van der Waals surface area (Å²) in [5, 5.41) is 65.1. The number of aliphatic carboxylic acids is 1. The number of carboxylic acid groups (broad SMARTS) is 1. The Hall–Kier alpha value is -9.43. The monoisotopic (exact) mass is 1280 g/mol. The van der Waals surface area contributed by atoms with Crippen LogP contribution in [0.1, 0.15) is 91.7 Å². The maximum atomic E-state index is 13.9. The van der Waals surface area contributed by atoms with Gasteiger partial charge in [-0.2, -0.15) is 0 Å². The van der Waals surface area contributed by atoms with Crippen LogP contribution in [0.15, 0.2) is 59.7 Å². The molecule has 1 aliphatic rings. The van der Waals surface area contributed by atoms with Crippen molar-refractivity contribution in [1.29, 1.82) is 0 Å². The van der Waals surface area contributed by atoms with E-state index in [1.807, 2.05) is 38.1 Å². The van der Waals surface area contributed by atoms with Crippen LogP contribution in [-0.2, 0) is 70.4 Å². The van der Waals surface area contributed by atoms with Crippen LogP contribution < -0.4 is 70.4 Å². The van der Waals surface area contributed by atoms with Crippen molar-refractivity contribution in [3.8, 4) is 5.75 Å². The Morgan fingerprint density at radius 3 is 1.81 bits per heavy atom. The third kappa shape index (κ3) is 23.2. The highest BCUT2D eigenvalue weighted by Crippen LogP contribution is 2.21. The Morgan fingerprint density at radius 1 is 0.637 bits per heavy atom. The molecule has 21 N–H and O–H groups in total. The summed E-state index contributed by atoms with van der Waals surface area (Å²) in [6, 6.07) is -1.76. The first-order chi connectivity index (χ1) is 42.9. The number of nitrogens with one attached hydrogen (secondary N) is 11. The fourth-order valence-corrected chi connectivity index (χ4v) is 9.69. The Bertz CT molecular complexity index is 3080. The molecule has 91 heavy (non-hydrogen) atoms. The van der Waals surface area contributed by atoms with Gasteiger partial charge in [0.05, 0.1) is 19.8 Å². The van der Waals surface area contributed by atoms with Crippen LogP contribution in [0.4, 0.5) is 0 Å². The molecule has 500 valence electrons. The molecule has 0 bridgehead atoms. The molecule has 1 saturated heterocycles. The smallest absolute Gasteiger partial charge is 0.326 e. The lowest BCUT2D eigenvalue weighted by atomic mass is 10.0. The molecule has 0 saturated carbocycles. The number of hydrogen-bond acceptors (Lipinski definition) is 17. The number of carbonyl (C=O) groups excluding carboxylic acids is 11. The molecule has 0 unspecified atom stereocenters. The van der Waals surface area contributed by atoms with E-state index in [-0.39, 0.29) is 69.2 Å². The third-order valence-electron chi connectivity index (χ3n) is 14.8. The first-order valence-corrected chi connectivity index (χ1v) is 29.8. The number of guanidine groups is 1. The summed E-state index contributed by atoms with van der Waals surface area (Å²) < 4.78 is 0. The lowest BCUT2D eigenvalue weighted by Crippen LogP contribution is -2.60. The number of aromatic nitrogens is 1. The Balaban J connectivity index is 1.30. The number of amides is 11. The largest absolute Gasteiger partial charge is 0.508 e. The van der Waals surface area contributed by atoms with Gasteiger partial charge in [-0.25, -0.2) is 4.79 Å². The Morgan fingerprint density at radius 2 is 1.20 bits per heavy atom. The lowest BCUT2D eigenvalue weighted by molar-refractivity contribution is -0.142. The van der Waals surface area contributed by atoms with E-state index in [1.165, 1.54) is 49.9 Å². The maximum absolute atomic E-state index is 13.9. The van der Waals surface area contributed by atoms with Crippen LogP contribution in [0.2, 0.25) is 0 Å². The number of aliphatic hydroxyl groups is 2. The molecule has 1 fully saturated rings. The molecule has 11 amide bonds. The number of rotatable bonds is 35. The predicted molar refractivity (Wildman–Crippen MR) is 330 cm³/mol. The molecule has 32 nitrogen and oxygen atoms in total. The maximum Gasteiger partial charge on any atom is 0.326 e. The number of aromatic hydroxyl groups is 1. The highest BCUT2D eigenvalue weighted by Gasteiger charge is 2.39. The van der Waals surface area contributed by atoms with Crippen molar-refractivity contribution in [3.63, 3.8) is 0 Å². The Kier molecular flexibility index (Phi) is 29.0. The molecule has 0 aliphatic carbocycles. The van der Waals surface area contributed by atoms with Gasteiger partial charge in [-0.3, -0.25) is 57.7 Å². The summed E-state index contributed by atoms with van der Waals surface area (Å²) in [4.78, 5) is 169. The zero-order chi connectivity index (χ0) is 67.8. The van der Waals surface area contributed by atoms with Gasteiger partial charge in [-0.05, 0) is 94.0 Å². The number of carboxylic acids is 1. The normalized spacial score (nSPS) is 16.2.